The van der Waals surface area contributed by atoms with Crippen LogP contribution in [0, 0.1) is 0 Å². The third-order valence-electron chi connectivity index (χ3n) is 3.13. The molecule has 1 amide bonds. The molecule has 3 aromatic rings. The molecule has 0 bridgehead atoms. The van der Waals surface area contributed by atoms with E-state index in [2.05, 4.69) is 25.5 Å². The number of carbonyl (C=O) groups is 1. The lowest BCUT2D eigenvalue weighted by Crippen LogP contribution is -2.13. The number of rotatable bonds is 4. The summed E-state index contributed by atoms with van der Waals surface area (Å²) < 4.78 is 5.10. The summed E-state index contributed by atoms with van der Waals surface area (Å²) in [5.74, 6) is 0.942. The second-order valence-electron chi connectivity index (χ2n) is 4.69. The van der Waals surface area contributed by atoms with Crippen molar-refractivity contribution in [1.29, 1.82) is 0 Å². The summed E-state index contributed by atoms with van der Waals surface area (Å²) >= 11 is 11.6. The number of H-pyrrole nitrogens is 1. The van der Waals surface area contributed by atoms with Gasteiger partial charge in [-0.15, -0.1) is 5.10 Å². The summed E-state index contributed by atoms with van der Waals surface area (Å²) in [6, 6.07) is 8.68. The number of benzene rings is 1. The Labute approximate surface area is 147 Å². The molecule has 0 aliphatic heterocycles. The number of carbonyl (C=O) groups excluding carboxylic acids is 1. The lowest BCUT2D eigenvalue weighted by Gasteiger charge is -2.02. The largest absolute Gasteiger partial charge is 0.497 e. The first-order valence-corrected chi connectivity index (χ1v) is 7.51. The van der Waals surface area contributed by atoms with Gasteiger partial charge in [-0.25, -0.2) is 4.98 Å². The van der Waals surface area contributed by atoms with Gasteiger partial charge in [0.05, 0.1) is 17.7 Å². The van der Waals surface area contributed by atoms with Crippen LogP contribution >= 0.6 is 23.2 Å². The standard InChI is InChI=1S/C15H11Cl2N5O2/c1-24-10-4-2-8(3-5-10)13-19-15(22-21-13)20-14(23)9-6-11(16)12(17)18-7-9/h2-7H,1H3,(H2,19,20,21,22,23). The number of hydrogen-bond donors (Lipinski definition) is 2. The topological polar surface area (TPSA) is 92.8 Å². The van der Waals surface area contributed by atoms with Crippen molar-refractivity contribution in [2.75, 3.05) is 12.4 Å². The van der Waals surface area contributed by atoms with E-state index >= 15 is 0 Å². The molecule has 2 aromatic heterocycles. The Morgan fingerprint density at radius 3 is 2.67 bits per heavy atom. The zero-order valence-corrected chi connectivity index (χ0v) is 13.9. The maximum atomic E-state index is 12.1. The third-order valence-corrected chi connectivity index (χ3v) is 3.82. The second kappa shape index (κ2) is 6.86. The van der Waals surface area contributed by atoms with Gasteiger partial charge in [0.2, 0.25) is 5.95 Å². The summed E-state index contributed by atoms with van der Waals surface area (Å²) in [6.45, 7) is 0. The molecular weight excluding hydrogens is 353 g/mol. The van der Waals surface area contributed by atoms with Crippen LogP contribution in [-0.2, 0) is 0 Å². The van der Waals surface area contributed by atoms with E-state index in [4.69, 9.17) is 27.9 Å². The summed E-state index contributed by atoms with van der Waals surface area (Å²) in [6.07, 6.45) is 1.32. The van der Waals surface area contributed by atoms with Crippen LogP contribution in [0.2, 0.25) is 10.2 Å². The highest BCUT2D eigenvalue weighted by molar-refractivity contribution is 6.41. The first-order valence-electron chi connectivity index (χ1n) is 6.76. The van der Waals surface area contributed by atoms with Gasteiger partial charge in [0.1, 0.15) is 10.9 Å². The Balaban J connectivity index is 1.75. The number of hydrogen-bond acceptors (Lipinski definition) is 5. The number of anilines is 1. The number of halogens is 2. The van der Waals surface area contributed by atoms with Crippen molar-refractivity contribution in [3.63, 3.8) is 0 Å². The number of nitrogens with zero attached hydrogens (tertiary/aromatic N) is 3. The van der Waals surface area contributed by atoms with Gasteiger partial charge in [0.25, 0.3) is 5.91 Å². The van der Waals surface area contributed by atoms with Gasteiger partial charge in [0, 0.05) is 11.8 Å². The molecule has 0 saturated carbocycles. The zero-order valence-electron chi connectivity index (χ0n) is 12.4. The molecule has 0 atom stereocenters. The zero-order chi connectivity index (χ0) is 17.1. The van der Waals surface area contributed by atoms with Crippen molar-refractivity contribution in [2.45, 2.75) is 0 Å². The third kappa shape index (κ3) is 3.47. The van der Waals surface area contributed by atoms with E-state index in [1.54, 1.807) is 19.2 Å². The first-order chi connectivity index (χ1) is 11.6. The number of aromatic amines is 1. The number of amides is 1. The van der Waals surface area contributed by atoms with E-state index in [0.29, 0.717) is 5.82 Å². The van der Waals surface area contributed by atoms with Crippen molar-refractivity contribution in [1.82, 2.24) is 20.2 Å². The number of nitrogens with one attached hydrogen (secondary N) is 2. The van der Waals surface area contributed by atoms with E-state index in [0.717, 1.165) is 11.3 Å². The van der Waals surface area contributed by atoms with Crippen LogP contribution in [0.25, 0.3) is 11.4 Å². The molecule has 122 valence electrons. The highest BCUT2D eigenvalue weighted by Crippen LogP contribution is 2.21. The van der Waals surface area contributed by atoms with E-state index in [9.17, 15) is 4.79 Å². The van der Waals surface area contributed by atoms with E-state index in [1.165, 1.54) is 12.3 Å². The molecule has 3 rings (SSSR count). The van der Waals surface area contributed by atoms with Gasteiger partial charge >= 0.3 is 0 Å². The average molecular weight is 364 g/mol. The summed E-state index contributed by atoms with van der Waals surface area (Å²) in [4.78, 5) is 20.2. The number of aromatic nitrogens is 4. The molecule has 0 spiro atoms. The van der Waals surface area contributed by atoms with Gasteiger partial charge < -0.3 is 4.74 Å². The molecular formula is C15H11Cl2N5O2. The average Bonchev–Trinajstić information content (AvgIpc) is 3.06. The highest BCUT2D eigenvalue weighted by atomic mass is 35.5. The van der Waals surface area contributed by atoms with Crippen molar-refractivity contribution < 1.29 is 9.53 Å². The molecule has 1 aromatic carbocycles. The normalized spacial score (nSPS) is 10.5. The van der Waals surface area contributed by atoms with Crippen molar-refractivity contribution in [3.05, 3.63) is 52.3 Å². The van der Waals surface area contributed by atoms with Gasteiger partial charge in [-0.2, -0.15) is 4.98 Å². The maximum Gasteiger partial charge on any atom is 0.259 e. The van der Waals surface area contributed by atoms with Gasteiger partial charge in [0.15, 0.2) is 5.82 Å². The molecule has 0 radical (unpaired) electrons. The molecule has 2 heterocycles. The Kier molecular flexibility index (Phi) is 4.64. The van der Waals surface area contributed by atoms with Crippen LogP contribution in [0.5, 0.6) is 5.75 Å². The second-order valence-corrected chi connectivity index (χ2v) is 5.45. The number of ether oxygens (including phenoxy) is 1. The van der Waals surface area contributed by atoms with Crippen LogP contribution in [-0.4, -0.2) is 33.2 Å². The molecule has 0 unspecified atom stereocenters. The molecule has 7 nitrogen and oxygen atoms in total. The predicted molar refractivity (Wildman–Crippen MR) is 90.6 cm³/mol. The fourth-order valence-corrected chi connectivity index (χ4v) is 2.18. The lowest BCUT2D eigenvalue weighted by atomic mass is 10.2. The monoisotopic (exact) mass is 363 g/mol. The van der Waals surface area contributed by atoms with Crippen LogP contribution < -0.4 is 10.1 Å². The lowest BCUT2D eigenvalue weighted by molar-refractivity contribution is 0.102. The Morgan fingerprint density at radius 2 is 2.00 bits per heavy atom. The first kappa shape index (κ1) is 16.2. The molecule has 0 aliphatic rings. The molecule has 9 heteroatoms. The van der Waals surface area contributed by atoms with Crippen LogP contribution in [0.1, 0.15) is 10.4 Å². The Hall–Kier alpha value is -2.64. The van der Waals surface area contributed by atoms with Gasteiger partial charge in [-0.05, 0) is 30.3 Å². The Bertz CT molecular complexity index is 880. The fraction of sp³-hybridized carbons (Fsp3) is 0.0667. The van der Waals surface area contributed by atoms with Gasteiger partial charge in [-0.3, -0.25) is 15.2 Å². The minimum absolute atomic E-state index is 0.132. The van der Waals surface area contributed by atoms with E-state index < -0.39 is 5.91 Å². The molecule has 2 N–H and O–H groups in total. The number of methoxy groups -OCH3 is 1. The van der Waals surface area contributed by atoms with Crippen LogP contribution in [0.4, 0.5) is 5.95 Å². The fourth-order valence-electron chi connectivity index (χ4n) is 1.91. The minimum atomic E-state index is -0.443. The summed E-state index contributed by atoms with van der Waals surface area (Å²) in [5.41, 5.74) is 1.06. The van der Waals surface area contributed by atoms with Crippen LogP contribution in [0.15, 0.2) is 36.5 Å². The molecule has 0 aliphatic carbocycles. The maximum absolute atomic E-state index is 12.1. The number of pyridine rings is 1. The van der Waals surface area contributed by atoms with Gasteiger partial charge in [-0.1, -0.05) is 23.2 Å². The predicted octanol–water partition coefficient (Wildman–Crippen LogP) is 3.43. The Morgan fingerprint density at radius 1 is 1.25 bits per heavy atom. The highest BCUT2D eigenvalue weighted by Gasteiger charge is 2.13. The van der Waals surface area contributed by atoms with Crippen LogP contribution in [0.3, 0.4) is 0 Å². The minimum Gasteiger partial charge on any atom is -0.497 e. The molecule has 0 fully saturated rings. The molecule has 24 heavy (non-hydrogen) atoms. The SMILES string of the molecule is COc1ccc(-c2nc(NC(=O)c3cnc(Cl)c(Cl)c3)n[nH]2)cc1. The summed E-state index contributed by atoms with van der Waals surface area (Å²) in [7, 11) is 1.59. The molecule has 0 saturated heterocycles. The summed E-state index contributed by atoms with van der Waals surface area (Å²) in [5, 5.41) is 9.60. The van der Waals surface area contributed by atoms with Crippen molar-refractivity contribution >= 4 is 35.1 Å². The van der Waals surface area contributed by atoms with Crippen molar-refractivity contribution in [2.24, 2.45) is 0 Å². The quantitative estimate of drug-likeness (QED) is 0.692. The smallest absolute Gasteiger partial charge is 0.259 e. The van der Waals surface area contributed by atoms with E-state index in [1.807, 2.05) is 12.1 Å². The van der Waals surface area contributed by atoms with E-state index in [-0.39, 0.29) is 21.7 Å². The van der Waals surface area contributed by atoms with Crippen molar-refractivity contribution in [3.8, 4) is 17.1 Å².